The second kappa shape index (κ2) is 9.43. The van der Waals surface area contributed by atoms with Crippen molar-refractivity contribution in [2.24, 2.45) is 0 Å². The van der Waals surface area contributed by atoms with Crippen LogP contribution >= 0.6 is 11.6 Å². The van der Waals surface area contributed by atoms with Crippen LogP contribution in [0.5, 0.6) is 5.75 Å². The minimum atomic E-state index is -0.153. The smallest absolute Gasteiger partial charge is 0.165 e. The van der Waals surface area contributed by atoms with E-state index in [-0.39, 0.29) is 11.8 Å². The van der Waals surface area contributed by atoms with Crippen LogP contribution in [0.4, 0.5) is 5.69 Å². The molecule has 0 bridgehead atoms. The molecule has 0 radical (unpaired) electrons. The molecule has 3 aromatic rings. The molecule has 0 saturated heterocycles. The summed E-state index contributed by atoms with van der Waals surface area (Å²) in [7, 11) is 1.61. The van der Waals surface area contributed by atoms with E-state index in [0.717, 1.165) is 23.4 Å². The molecule has 144 valence electrons. The molecule has 4 heteroatoms. The van der Waals surface area contributed by atoms with Gasteiger partial charge in [-0.3, -0.25) is 4.79 Å². The highest BCUT2D eigenvalue weighted by Crippen LogP contribution is 2.26. The summed E-state index contributed by atoms with van der Waals surface area (Å²) in [4.78, 5) is 12.9. The van der Waals surface area contributed by atoms with Crippen LogP contribution < -0.4 is 10.1 Å². The van der Waals surface area contributed by atoms with Gasteiger partial charge in [-0.1, -0.05) is 42.8 Å². The zero-order valence-corrected chi connectivity index (χ0v) is 16.9. The van der Waals surface area contributed by atoms with E-state index in [2.05, 4.69) is 36.5 Å². The average molecular weight is 394 g/mol. The first-order chi connectivity index (χ1) is 13.6. The first kappa shape index (κ1) is 20.0. The van der Waals surface area contributed by atoms with Crippen molar-refractivity contribution in [3.8, 4) is 5.75 Å². The Morgan fingerprint density at radius 2 is 1.61 bits per heavy atom. The van der Waals surface area contributed by atoms with Gasteiger partial charge in [0.05, 0.1) is 13.2 Å². The number of hydrogen-bond acceptors (Lipinski definition) is 3. The molecule has 0 aliphatic carbocycles. The summed E-state index contributed by atoms with van der Waals surface area (Å²) in [6.07, 6.45) is 1.33. The largest absolute Gasteiger partial charge is 0.497 e. The Balaban J connectivity index is 1.82. The summed E-state index contributed by atoms with van der Waals surface area (Å²) in [6, 6.07) is 23.0. The van der Waals surface area contributed by atoms with Crippen molar-refractivity contribution >= 4 is 23.1 Å². The predicted molar refractivity (Wildman–Crippen MR) is 116 cm³/mol. The monoisotopic (exact) mass is 393 g/mol. The van der Waals surface area contributed by atoms with Gasteiger partial charge in [0.15, 0.2) is 5.78 Å². The molecular weight excluding hydrogens is 370 g/mol. The molecule has 0 unspecified atom stereocenters. The molecule has 0 saturated carbocycles. The molecule has 28 heavy (non-hydrogen) atoms. The van der Waals surface area contributed by atoms with Gasteiger partial charge in [0, 0.05) is 22.7 Å². The van der Waals surface area contributed by atoms with Gasteiger partial charge in [-0.15, -0.1) is 0 Å². The number of halogens is 1. The lowest BCUT2D eigenvalue weighted by atomic mass is 9.97. The fourth-order valence-electron chi connectivity index (χ4n) is 3.07. The molecule has 0 aliphatic heterocycles. The standard InChI is InChI=1S/C24H24ClNO2/c1-3-17-4-12-21(13-5-17)26-23(18-6-10-20(25)11-7-18)16-24(27)19-8-14-22(28-2)15-9-19/h4-15,23,26H,3,16H2,1-2H3/t23-/m0/s1. The molecule has 0 fully saturated rings. The molecule has 3 rings (SSSR count). The molecule has 0 spiro atoms. The number of Topliss-reactive ketones (excluding diaryl/α,β-unsaturated/α-hetero) is 1. The van der Waals surface area contributed by atoms with Gasteiger partial charge in [0.25, 0.3) is 0 Å². The number of aryl methyl sites for hydroxylation is 1. The molecule has 3 aromatic carbocycles. The quantitative estimate of drug-likeness (QED) is 0.454. The molecule has 1 atom stereocenters. The lowest BCUT2D eigenvalue weighted by Crippen LogP contribution is -2.16. The number of carbonyl (C=O) groups is 1. The third-order valence-electron chi connectivity index (χ3n) is 4.78. The molecule has 0 amide bonds. The zero-order valence-electron chi connectivity index (χ0n) is 16.1. The first-order valence-corrected chi connectivity index (χ1v) is 9.75. The van der Waals surface area contributed by atoms with E-state index in [1.807, 2.05) is 24.3 Å². The second-order valence-corrected chi connectivity index (χ2v) is 7.09. The van der Waals surface area contributed by atoms with Crippen molar-refractivity contribution < 1.29 is 9.53 Å². The Kier molecular flexibility index (Phi) is 6.72. The maximum absolute atomic E-state index is 12.9. The van der Waals surface area contributed by atoms with Crippen LogP contribution in [0.15, 0.2) is 72.8 Å². The highest BCUT2D eigenvalue weighted by atomic mass is 35.5. The topological polar surface area (TPSA) is 38.3 Å². The predicted octanol–water partition coefficient (Wildman–Crippen LogP) is 6.34. The van der Waals surface area contributed by atoms with Crippen molar-refractivity contribution in [3.05, 3.63) is 94.5 Å². The van der Waals surface area contributed by atoms with Crippen molar-refractivity contribution in [2.75, 3.05) is 12.4 Å². The van der Waals surface area contributed by atoms with E-state index in [1.165, 1.54) is 5.56 Å². The highest BCUT2D eigenvalue weighted by Gasteiger charge is 2.17. The van der Waals surface area contributed by atoms with E-state index in [9.17, 15) is 4.79 Å². The van der Waals surface area contributed by atoms with Crippen molar-refractivity contribution in [1.82, 2.24) is 0 Å². The Morgan fingerprint density at radius 1 is 0.964 bits per heavy atom. The first-order valence-electron chi connectivity index (χ1n) is 9.37. The Bertz CT molecular complexity index is 903. The van der Waals surface area contributed by atoms with E-state index in [1.54, 1.807) is 31.4 Å². The highest BCUT2D eigenvalue weighted by molar-refractivity contribution is 6.30. The van der Waals surface area contributed by atoms with E-state index < -0.39 is 0 Å². The number of anilines is 1. The lowest BCUT2D eigenvalue weighted by Gasteiger charge is -2.20. The van der Waals surface area contributed by atoms with Crippen molar-refractivity contribution in [3.63, 3.8) is 0 Å². The molecule has 3 nitrogen and oxygen atoms in total. The van der Waals surface area contributed by atoms with Gasteiger partial charge in [0.2, 0.25) is 0 Å². The molecule has 0 heterocycles. The number of methoxy groups -OCH3 is 1. The van der Waals surface area contributed by atoms with Crippen LogP contribution in [0.1, 0.15) is 40.9 Å². The van der Waals surface area contributed by atoms with Crippen LogP contribution in [0.25, 0.3) is 0 Å². The van der Waals surface area contributed by atoms with Gasteiger partial charge in [-0.05, 0) is 66.1 Å². The fourth-order valence-corrected chi connectivity index (χ4v) is 3.19. The third-order valence-corrected chi connectivity index (χ3v) is 5.03. The maximum atomic E-state index is 12.9. The number of rotatable bonds is 8. The number of ketones is 1. The van der Waals surface area contributed by atoms with Gasteiger partial charge in [-0.2, -0.15) is 0 Å². The SMILES string of the molecule is CCc1ccc(N[C@@H](CC(=O)c2ccc(OC)cc2)c2ccc(Cl)cc2)cc1. The van der Waals surface area contributed by atoms with Crippen LogP contribution in [0.3, 0.4) is 0 Å². The van der Waals surface area contributed by atoms with Crippen LogP contribution in [0.2, 0.25) is 5.02 Å². The number of carbonyl (C=O) groups excluding carboxylic acids is 1. The van der Waals surface area contributed by atoms with E-state index in [0.29, 0.717) is 17.0 Å². The Hall–Kier alpha value is -2.78. The van der Waals surface area contributed by atoms with Gasteiger partial charge >= 0.3 is 0 Å². The zero-order chi connectivity index (χ0) is 19.9. The summed E-state index contributed by atoms with van der Waals surface area (Å²) in [5, 5.41) is 4.18. The number of nitrogens with one attached hydrogen (secondary N) is 1. The maximum Gasteiger partial charge on any atom is 0.165 e. The number of hydrogen-bond donors (Lipinski definition) is 1. The van der Waals surface area contributed by atoms with Gasteiger partial charge in [-0.25, -0.2) is 0 Å². The summed E-state index contributed by atoms with van der Waals surface area (Å²) >= 11 is 6.04. The molecule has 0 aromatic heterocycles. The average Bonchev–Trinajstić information content (AvgIpc) is 2.74. The summed E-state index contributed by atoms with van der Waals surface area (Å²) in [5.41, 5.74) is 3.95. The number of benzene rings is 3. The summed E-state index contributed by atoms with van der Waals surface area (Å²) in [5.74, 6) is 0.806. The van der Waals surface area contributed by atoms with Gasteiger partial charge in [0.1, 0.15) is 5.75 Å². The number of ether oxygens (including phenoxy) is 1. The fraction of sp³-hybridized carbons (Fsp3) is 0.208. The third kappa shape index (κ3) is 5.14. The summed E-state index contributed by atoms with van der Waals surface area (Å²) in [6.45, 7) is 2.13. The van der Waals surface area contributed by atoms with Crippen LogP contribution in [0, 0.1) is 0 Å². The Morgan fingerprint density at radius 3 is 2.18 bits per heavy atom. The normalized spacial score (nSPS) is 11.7. The Labute approximate surface area is 171 Å². The van der Waals surface area contributed by atoms with E-state index >= 15 is 0 Å². The van der Waals surface area contributed by atoms with Crippen molar-refractivity contribution in [1.29, 1.82) is 0 Å². The molecular formula is C24H24ClNO2. The van der Waals surface area contributed by atoms with E-state index in [4.69, 9.17) is 16.3 Å². The van der Waals surface area contributed by atoms with Crippen molar-refractivity contribution in [2.45, 2.75) is 25.8 Å². The summed E-state index contributed by atoms with van der Waals surface area (Å²) < 4.78 is 5.17. The lowest BCUT2D eigenvalue weighted by molar-refractivity contribution is 0.0976. The van der Waals surface area contributed by atoms with Crippen LogP contribution in [-0.2, 0) is 6.42 Å². The minimum absolute atomic E-state index is 0.0697. The molecule has 0 aliphatic rings. The van der Waals surface area contributed by atoms with Crippen LogP contribution in [-0.4, -0.2) is 12.9 Å². The molecule has 1 N–H and O–H groups in total. The second-order valence-electron chi connectivity index (χ2n) is 6.65. The van der Waals surface area contributed by atoms with Gasteiger partial charge < -0.3 is 10.1 Å². The minimum Gasteiger partial charge on any atom is -0.497 e.